The van der Waals surface area contributed by atoms with Crippen molar-refractivity contribution >= 4 is 56.4 Å². The van der Waals surface area contributed by atoms with Gasteiger partial charge in [0.1, 0.15) is 5.75 Å². The molecular weight excluding hydrogens is 507 g/mol. The van der Waals surface area contributed by atoms with E-state index in [0.29, 0.717) is 26.5 Å². The fraction of sp³-hybridized carbons (Fsp3) is 0.174. The van der Waals surface area contributed by atoms with Crippen LogP contribution in [0.3, 0.4) is 0 Å². The van der Waals surface area contributed by atoms with Crippen LogP contribution in [0.1, 0.15) is 11.1 Å². The van der Waals surface area contributed by atoms with Crippen LogP contribution in [0.25, 0.3) is 0 Å². The van der Waals surface area contributed by atoms with E-state index in [4.69, 9.17) is 39.5 Å². The van der Waals surface area contributed by atoms with E-state index in [2.05, 4.69) is 5.32 Å². The van der Waals surface area contributed by atoms with E-state index >= 15 is 0 Å². The third-order valence-corrected chi connectivity index (χ3v) is 6.61. The third kappa shape index (κ3) is 7.54. The maximum absolute atomic E-state index is 12.3. The molecule has 0 aliphatic rings. The van der Waals surface area contributed by atoms with Crippen molar-refractivity contribution in [3.05, 3.63) is 92.9 Å². The Labute approximate surface area is 208 Å². The molecule has 0 bridgehead atoms. The number of hydrogen-bond donors (Lipinski definition) is 1. The largest absolute Gasteiger partial charge is 0.484 e. The maximum atomic E-state index is 12.3. The molecule has 0 atom stereocenters. The summed E-state index contributed by atoms with van der Waals surface area (Å²) in [5, 5.41) is 4.28. The Bertz CT molecular complexity index is 1220. The Morgan fingerprint density at radius 1 is 0.939 bits per heavy atom. The van der Waals surface area contributed by atoms with Gasteiger partial charge in [-0.3, -0.25) is 9.10 Å². The van der Waals surface area contributed by atoms with Crippen LogP contribution in [-0.4, -0.2) is 27.2 Å². The predicted molar refractivity (Wildman–Crippen MR) is 133 cm³/mol. The smallest absolute Gasteiger partial charge is 0.258 e. The van der Waals surface area contributed by atoms with Crippen LogP contribution in [0, 0.1) is 0 Å². The van der Waals surface area contributed by atoms with Crippen LogP contribution in [0.4, 0.5) is 5.69 Å². The predicted octanol–water partition coefficient (Wildman–Crippen LogP) is 5.31. The van der Waals surface area contributed by atoms with Crippen LogP contribution < -0.4 is 14.4 Å². The summed E-state index contributed by atoms with van der Waals surface area (Å²) in [4.78, 5) is 12.1. The van der Waals surface area contributed by atoms with Gasteiger partial charge < -0.3 is 10.1 Å². The van der Waals surface area contributed by atoms with Crippen molar-refractivity contribution in [3.63, 3.8) is 0 Å². The highest BCUT2D eigenvalue weighted by Gasteiger charge is 2.18. The highest BCUT2D eigenvalue weighted by molar-refractivity contribution is 7.92. The van der Waals surface area contributed by atoms with E-state index in [1.807, 2.05) is 0 Å². The zero-order valence-electron chi connectivity index (χ0n) is 17.6. The molecule has 6 nitrogen and oxygen atoms in total. The molecule has 0 spiro atoms. The Kier molecular flexibility index (Phi) is 8.48. The number of halogens is 3. The van der Waals surface area contributed by atoms with Gasteiger partial charge in [0, 0.05) is 21.6 Å². The summed E-state index contributed by atoms with van der Waals surface area (Å²) in [6, 6.07) is 18.5. The Morgan fingerprint density at radius 2 is 1.58 bits per heavy atom. The van der Waals surface area contributed by atoms with E-state index in [-0.39, 0.29) is 25.6 Å². The average Bonchev–Trinajstić information content (AvgIpc) is 2.76. The lowest BCUT2D eigenvalue weighted by Crippen LogP contribution is -2.29. The Hall–Kier alpha value is -2.45. The van der Waals surface area contributed by atoms with Crippen LogP contribution in [0.2, 0.25) is 15.1 Å². The summed E-state index contributed by atoms with van der Waals surface area (Å²) in [5.74, 6) is 0.101. The molecule has 1 N–H and O–H groups in total. The summed E-state index contributed by atoms with van der Waals surface area (Å²) in [6.07, 6.45) is 1.14. The molecule has 3 aromatic rings. The van der Waals surface area contributed by atoms with Gasteiger partial charge in [-0.05, 0) is 59.7 Å². The molecule has 0 aliphatic carbocycles. The van der Waals surface area contributed by atoms with E-state index in [1.165, 1.54) is 4.31 Å². The van der Waals surface area contributed by atoms with Crippen LogP contribution in [0.15, 0.2) is 66.7 Å². The molecule has 0 aliphatic heterocycles. The van der Waals surface area contributed by atoms with Crippen molar-refractivity contribution in [2.24, 2.45) is 0 Å². The van der Waals surface area contributed by atoms with Gasteiger partial charge in [-0.25, -0.2) is 8.42 Å². The number of carbonyl (C=O) groups excluding carboxylic acids is 1. The number of benzene rings is 3. The highest BCUT2D eigenvalue weighted by Crippen LogP contribution is 2.24. The summed E-state index contributed by atoms with van der Waals surface area (Å²) in [7, 11) is -3.53. The highest BCUT2D eigenvalue weighted by atomic mass is 35.5. The van der Waals surface area contributed by atoms with Gasteiger partial charge in [-0.1, -0.05) is 53.0 Å². The molecule has 3 rings (SSSR count). The van der Waals surface area contributed by atoms with Gasteiger partial charge >= 0.3 is 0 Å². The lowest BCUT2D eigenvalue weighted by Gasteiger charge is -2.23. The monoisotopic (exact) mass is 526 g/mol. The molecule has 0 unspecified atom stereocenters. The van der Waals surface area contributed by atoms with Crippen molar-refractivity contribution in [2.75, 3.05) is 17.2 Å². The first-order valence-corrected chi connectivity index (χ1v) is 12.8. The van der Waals surface area contributed by atoms with Crippen molar-refractivity contribution in [1.29, 1.82) is 0 Å². The summed E-state index contributed by atoms with van der Waals surface area (Å²) < 4.78 is 31.5. The quantitative estimate of drug-likeness (QED) is 0.409. The second-order valence-electron chi connectivity index (χ2n) is 7.19. The molecule has 0 saturated carbocycles. The first kappa shape index (κ1) is 25.2. The molecular formula is C23H21Cl3N2O4S. The second kappa shape index (κ2) is 11.1. The lowest BCUT2D eigenvalue weighted by molar-refractivity contribution is -0.123. The zero-order valence-corrected chi connectivity index (χ0v) is 20.7. The van der Waals surface area contributed by atoms with Crippen molar-refractivity contribution in [2.45, 2.75) is 13.1 Å². The summed E-state index contributed by atoms with van der Waals surface area (Å²) in [5.41, 5.74) is 2.00. The SMILES string of the molecule is CS(=O)(=O)N(Cc1ccc(Cl)cc1)c1ccc(OCC(=O)NCc2ccc(Cl)cc2Cl)cc1. The molecule has 3 aromatic carbocycles. The number of sulfonamides is 1. The molecule has 10 heteroatoms. The lowest BCUT2D eigenvalue weighted by atomic mass is 10.2. The number of nitrogens with zero attached hydrogens (tertiary/aromatic N) is 1. The third-order valence-electron chi connectivity index (χ3n) is 4.63. The van der Waals surface area contributed by atoms with Crippen molar-refractivity contribution < 1.29 is 17.9 Å². The number of anilines is 1. The molecule has 33 heavy (non-hydrogen) atoms. The standard InChI is InChI=1S/C23H21Cl3N2O4S/c1-33(30,31)28(14-16-2-5-18(24)6-3-16)20-8-10-21(11-9-20)32-15-23(29)27-13-17-4-7-19(25)12-22(17)26/h2-12H,13-15H2,1H3,(H,27,29). The topological polar surface area (TPSA) is 75.7 Å². The van der Waals surface area contributed by atoms with Crippen molar-refractivity contribution in [1.82, 2.24) is 5.32 Å². The van der Waals surface area contributed by atoms with Crippen LogP contribution in [0.5, 0.6) is 5.75 Å². The van der Waals surface area contributed by atoms with E-state index in [0.717, 1.165) is 17.4 Å². The van der Waals surface area contributed by atoms with E-state index < -0.39 is 10.0 Å². The zero-order chi connectivity index (χ0) is 24.0. The minimum atomic E-state index is -3.53. The number of rotatable bonds is 9. The first-order chi connectivity index (χ1) is 15.6. The molecule has 0 fully saturated rings. The second-order valence-corrected chi connectivity index (χ2v) is 10.4. The Morgan fingerprint density at radius 3 is 2.18 bits per heavy atom. The normalized spacial score (nSPS) is 11.2. The Balaban J connectivity index is 1.58. The van der Waals surface area contributed by atoms with E-state index in [9.17, 15) is 13.2 Å². The van der Waals surface area contributed by atoms with Gasteiger partial charge in [-0.2, -0.15) is 0 Å². The minimum Gasteiger partial charge on any atom is -0.484 e. The van der Waals surface area contributed by atoms with Gasteiger partial charge in [0.15, 0.2) is 6.61 Å². The maximum Gasteiger partial charge on any atom is 0.258 e. The summed E-state index contributed by atoms with van der Waals surface area (Å²) >= 11 is 17.9. The van der Waals surface area contributed by atoms with Crippen molar-refractivity contribution in [3.8, 4) is 5.75 Å². The number of ether oxygens (including phenoxy) is 1. The van der Waals surface area contributed by atoms with Gasteiger partial charge in [0.2, 0.25) is 10.0 Å². The van der Waals surface area contributed by atoms with Gasteiger partial charge in [-0.15, -0.1) is 0 Å². The number of nitrogens with one attached hydrogen (secondary N) is 1. The number of hydrogen-bond acceptors (Lipinski definition) is 4. The molecule has 174 valence electrons. The molecule has 0 heterocycles. The molecule has 0 aromatic heterocycles. The van der Waals surface area contributed by atoms with Crippen LogP contribution in [-0.2, 0) is 27.9 Å². The summed E-state index contributed by atoms with van der Waals surface area (Å²) in [6.45, 7) is 0.197. The number of amides is 1. The molecule has 0 saturated heterocycles. The average molecular weight is 528 g/mol. The molecule has 1 amide bonds. The van der Waals surface area contributed by atoms with Crippen LogP contribution >= 0.6 is 34.8 Å². The first-order valence-electron chi connectivity index (χ1n) is 9.77. The molecule has 0 radical (unpaired) electrons. The minimum absolute atomic E-state index is 0.159. The number of carbonyl (C=O) groups is 1. The van der Waals surface area contributed by atoms with E-state index in [1.54, 1.807) is 66.7 Å². The van der Waals surface area contributed by atoms with Gasteiger partial charge in [0.25, 0.3) is 5.91 Å². The fourth-order valence-corrected chi connectivity index (χ4v) is 4.41. The fourth-order valence-electron chi connectivity index (χ4n) is 2.92. The van der Waals surface area contributed by atoms with Gasteiger partial charge in [0.05, 0.1) is 18.5 Å².